The summed E-state index contributed by atoms with van der Waals surface area (Å²) in [5.74, 6) is -0.198. The summed E-state index contributed by atoms with van der Waals surface area (Å²) in [4.78, 5) is 23.3. The van der Waals surface area contributed by atoms with E-state index in [1.165, 1.54) is 12.1 Å². The highest BCUT2D eigenvalue weighted by atomic mass is 19.1. The van der Waals surface area contributed by atoms with Crippen LogP contribution in [0, 0.1) is 12.7 Å². The van der Waals surface area contributed by atoms with Gasteiger partial charge in [0.1, 0.15) is 17.3 Å². The lowest BCUT2D eigenvalue weighted by molar-refractivity contribution is -0.130. The summed E-state index contributed by atoms with van der Waals surface area (Å²) in [6, 6.07) is 13.1. The molecule has 138 valence electrons. The first kappa shape index (κ1) is 19.2. The average Bonchev–Trinajstić information content (AvgIpc) is 2.62. The molecular weight excluding hydrogens is 339 g/mol. The summed E-state index contributed by atoms with van der Waals surface area (Å²) >= 11 is 0. The maximum atomic E-state index is 13.0. The van der Waals surface area contributed by atoms with Gasteiger partial charge < -0.3 is 9.47 Å². The lowest BCUT2D eigenvalue weighted by atomic mass is 10.2. The number of nitrogens with one attached hydrogen (secondary N) is 2. The smallest absolute Gasteiger partial charge is 0.276 e. The van der Waals surface area contributed by atoms with Crippen molar-refractivity contribution in [1.82, 2.24) is 10.9 Å². The molecule has 2 aromatic rings. The zero-order valence-corrected chi connectivity index (χ0v) is 14.5. The van der Waals surface area contributed by atoms with Crippen LogP contribution in [0.3, 0.4) is 0 Å². The molecule has 0 radical (unpaired) electrons. The number of aryl methyl sites for hydroxylation is 1. The third-order valence-corrected chi connectivity index (χ3v) is 3.31. The van der Waals surface area contributed by atoms with Gasteiger partial charge in [-0.2, -0.15) is 0 Å². The number of carbonyl (C=O) groups is 2. The Morgan fingerprint density at radius 3 is 2.38 bits per heavy atom. The predicted octanol–water partition coefficient (Wildman–Crippen LogP) is 2.52. The SMILES string of the molecule is Cc1cccc(OCC(=O)NNC(=O)CCCOc2cccc(F)c2)c1. The summed E-state index contributed by atoms with van der Waals surface area (Å²) in [5.41, 5.74) is 5.61. The Kier molecular flexibility index (Phi) is 7.42. The van der Waals surface area contributed by atoms with Gasteiger partial charge in [-0.3, -0.25) is 20.4 Å². The molecule has 26 heavy (non-hydrogen) atoms. The third kappa shape index (κ3) is 7.21. The molecule has 2 aromatic carbocycles. The fraction of sp³-hybridized carbons (Fsp3) is 0.263. The Morgan fingerprint density at radius 2 is 1.65 bits per heavy atom. The van der Waals surface area contributed by atoms with E-state index in [2.05, 4.69) is 10.9 Å². The van der Waals surface area contributed by atoms with Crippen LogP contribution < -0.4 is 20.3 Å². The van der Waals surface area contributed by atoms with E-state index in [0.29, 0.717) is 17.9 Å². The molecule has 0 atom stereocenters. The van der Waals surface area contributed by atoms with Gasteiger partial charge in [0.05, 0.1) is 6.61 Å². The molecular formula is C19H21FN2O4. The van der Waals surface area contributed by atoms with Crippen LogP contribution in [-0.2, 0) is 9.59 Å². The summed E-state index contributed by atoms with van der Waals surface area (Å²) in [5, 5.41) is 0. The molecule has 0 aliphatic carbocycles. The largest absolute Gasteiger partial charge is 0.493 e. The standard InChI is InChI=1S/C19H21FN2O4/c1-14-5-2-7-16(11-14)26-13-19(24)22-21-18(23)9-4-10-25-17-8-3-6-15(20)12-17/h2-3,5-8,11-12H,4,9-10,13H2,1H3,(H,21,23)(H,22,24). The molecule has 0 bridgehead atoms. The Balaban J connectivity index is 1.57. The number of carbonyl (C=O) groups excluding carboxylic acids is 2. The van der Waals surface area contributed by atoms with Crippen molar-refractivity contribution in [3.8, 4) is 11.5 Å². The lowest BCUT2D eigenvalue weighted by Crippen LogP contribution is -2.43. The molecule has 0 fully saturated rings. The molecule has 7 heteroatoms. The molecule has 2 rings (SSSR count). The van der Waals surface area contributed by atoms with Crippen molar-refractivity contribution in [2.75, 3.05) is 13.2 Å². The van der Waals surface area contributed by atoms with Crippen molar-refractivity contribution in [3.63, 3.8) is 0 Å². The fourth-order valence-corrected chi connectivity index (χ4v) is 2.07. The van der Waals surface area contributed by atoms with Crippen molar-refractivity contribution >= 4 is 11.8 Å². The number of amides is 2. The normalized spacial score (nSPS) is 10.1. The van der Waals surface area contributed by atoms with Crippen LogP contribution in [0.2, 0.25) is 0 Å². The Labute approximate surface area is 151 Å². The second-order valence-electron chi connectivity index (χ2n) is 5.61. The quantitative estimate of drug-likeness (QED) is 0.560. The molecule has 0 aliphatic heterocycles. The van der Waals surface area contributed by atoms with E-state index < -0.39 is 5.91 Å². The molecule has 2 amide bonds. The van der Waals surface area contributed by atoms with Crippen LogP contribution in [0.5, 0.6) is 11.5 Å². The molecule has 2 N–H and O–H groups in total. The van der Waals surface area contributed by atoms with Gasteiger partial charge in [-0.15, -0.1) is 0 Å². The van der Waals surface area contributed by atoms with Crippen LogP contribution in [0.1, 0.15) is 18.4 Å². The van der Waals surface area contributed by atoms with Gasteiger partial charge >= 0.3 is 0 Å². The molecule has 0 saturated carbocycles. The van der Waals surface area contributed by atoms with E-state index >= 15 is 0 Å². The molecule has 0 heterocycles. The van der Waals surface area contributed by atoms with Crippen molar-refractivity contribution in [2.24, 2.45) is 0 Å². The number of halogens is 1. The van der Waals surface area contributed by atoms with Crippen molar-refractivity contribution in [1.29, 1.82) is 0 Å². The van der Waals surface area contributed by atoms with E-state index in [0.717, 1.165) is 5.56 Å². The van der Waals surface area contributed by atoms with E-state index in [1.807, 2.05) is 25.1 Å². The number of hydrogen-bond donors (Lipinski definition) is 2. The van der Waals surface area contributed by atoms with Gasteiger partial charge in [0.25, 0.3) is 5.91 Å². The minimum Gasteiger partial charge on any atom is -0.493 e. The van der Waals surface area contributed by atoms with Crippen LogP contribution in [0.25, 0.3) is 0 Å². The minimum absolute atomic E-state index is 0.161. The van der Waals surface area contributed by atoms with E-state index in [9.17, 15) is 14.0 Å². The van der Waals surface area contributed by atoms with E-state index in [4.69, 9.17) is 9.47 Å². The summed E-state index contributed by atoms with van der Waals surface area (Å²) in [7, 11) is 0. The van der Waals surface area contributed by atoms with Crippen LogP contribution in [0.4, 0.5) is 4.39 Å². The number of ether oxygens (including phenoxy) is 2. The van der Waals surface area contributed by atoms with Gasteiger partial charge in [0.2, 0.25) is 5.91 Å². The van der Waals surface area contributed by atoms with Gasteiger partial charge in [-0.05, 0) is 43.2 Å². The predicted molar refractivity (Wildman–Crippen MR) is 94.1 cm³/mol. The molecule has 0 saturated heterocycles. The monoisotopic (exact) mass is 360 g/mol. The third-order valence-electron chi connectivity index (χ3n) is 3.31. The molecule has 0 spiro atoms. The zero-order chi connectivity index (χ0) is 18.8. The molecule has 6 nitrogen and oxygen atoms in total. The zero-order valence-electron chi connectivity index (χ0n) is 14.5. The topological polar surface area (TPSA) is 76.7 Å². The van der Waals surface area contributed by atoms with Gasteiger partial charge in [0.15, 0.2) is 6.61 Å². The highest BCUT2D eigenvalue weighted by Gasteiger charge is 2.06. The Morgan fingerprint density at radius 1 is 0.962 bits per heavy atom. The average molecular weight is 360 g/mol. The first-order chi connectivity index (χ1) is 12.5. The summed E-state index contributed by atoms with van der Waals surface area (Å²) < 4.78 is 23.6. The van der Waals surface area contributed by atoms with Crippen LogP contribution in [0.15, 0.2) is 48.5 Å². The van der Waals surface area contributed by atoms with Gasteiger partial charge in [0, 0.05) is 12.5 Å². The van der Waals surface area contributed by atoms with Crippen molar-refractivity contribution in [3.05, 3.63) is 59.9 Å². The molecule has 0 unspecified atom stereocenters. The summed E-state index contributed by atoms with van der Waals surface area (Å²) in [6.07, 6.45) is 0.590. The van der Waals surface area contributed by atoms with E-state index in [-0.39, 0.29) is 31.4 Å². The highest BCUT2D eigenvalue weighted by molar-refractivity contribution is 5.82. The summed E-state index contributed by atoms with van der Waals surface area (Å²) in [6.45, 7) is 1.98. The van der Waals surface area contributed by atoms with Crippen molar-refractivity contribution < 1.29 is 23.5 Å². The maximum Gasteiger partial charge on any atom is 0.276 e. The lowest BCUT2D eigenvalue weighted by Gasteiger charge is -2.09. The first-order valence-electron chi connectivity index (χ1n) is 8.18. The second kappa shape index (κ2) is 10.0. The minimum atomic E-state index is -0.462. The number of benzene rings is 2. The van der Waals surface area contributed by atoms with Gasteiger partial charge in [-0.25, -0.2) is 4.39 Å². The number of rotatable bonds is 8. The van der Waals surface area contributed by atoms with Crippen molar-refractivity contribution in [2.45, 2.75) is 19.8 Å². The van der Waals surface area contributed by atoms with E-state index in [1.54, 1.807) is 18.2 Å². The number of hydrogen-bond acceptors (Lipinski definition) is 4. The Bertz CT molecular complexity index is 752. The number of hydrazine groups is 1. The first-order valence-corrected chi connectivity index (χ1v) is 8.18. The molecule has 0 aliphatic rings. The maximum absolute atomic E-state index is 13.0. The van der Waals surface area contributed by atoms with Crippen LogP contribution >= 0.6 is 0 Å². The Hall–Kier alpha value is -3.09. The molecule has 0 aromatic heterocycles. The second-order valence-corrected chi connectivity index (χ2v) is 5.61. The highest BCUT2D eigenvalue weighted by Crippen LogP contribution is 2.12. The van der Waals surface area contributed by atoms with Gasteiger partial charge in [-0.1, -0.05) is 18.2 Å². The van der Waals surface area contributed by atoms with Crippen LogP contribution in [-0.4, -0.2) is 25.0 Å². The fourth-order valence-electron chi connectivity index (χ4n) is 2.07.